The number of anilines is 1. The van der Waals surface area contributed by atoms with E-state index in [-0.39, 0.29) is 0 Å². The van der Waals surface area contributed by atoms with Crippen LogP contribution in [0, 0.1) is 12.8 Å². The molecule has 1 N–H and O–H groups in total. The van der Waals surface area contributed by atoms with Gasteiger partial charge in [-0.15, -0.1) is 0 Å². The molecule has 1 aliphatic heterocycles. The maximum Gasteiger partial charge on any atom is 0.126 e. The second kappa shape index (κ2) is 7.04. The third kappa shape index (κ3) is 4.18. The highest BCUT2D eigenvalue weighted by Gasteiger charge is 2.24. The summed E-state index contributed by atoms with van der Waals surface area (Å²) in [6, 6.07) is 6.72. The molecular weight excluding hydrogens is 248 g/mol. The topological polar surface area (TPSA) is 31.4 Å². The van der Waals surface area contributed by atoms with Crippen molar-refractivity contribution in [3.63, 3.8) is 0 Å². The van der Waals surface area contributed by atoms with Crippen LogP contribution in [0.2, 0.25) is 0 Å². The molecule has 0 amide bonds. The predicted molar refractivity (Wildman–Crippen MR) is 85.2 cm³/mol. The molecule has 1 aromatic rings. The van der Waals surface area contributed by atoms with Gasteiger partial charge < -0.3 is 10.2 Å². The van der Waals surface area contributed by atoms with Gasteiger partial charge in [0.15, 0.2) is 0 Å². The highest BCUT2D eigenvalue weighted by molar-refractivity contribution is 5.35. The summed E-state index contributed by atoms with van der Waals surface area (Å²) < 4.78 is 0. The van der Waals surface area contributed by atoms with Gasteiger partial charge in [0.2, 0.25) is 0 Å². The molecule has 4 heteroatoms. The first kappa shape index (κ1) is 15.3. The second-order valence-corrected chi connectivity index (χ2v) is 6.20. The van der Waals surface area contributed by atoms with E-state index in [0.29, 0.717) is 12.0 Å². The minimum atomic E-state index is 0.575. The number of likely N-dealkylation sites (N-methyl/N-ethyl adjacent to an activating group) is 1. The number of hydrogen-bond acceptors (Lipinski definition) is 4. The highest BCUT2D eigenvalue weighted by atomic mass is 15.3. The SMILES string of the molecule is Cc1cccc(NCC(C(C)C)N2CCN(C)CC2)n1. The van der Waals surface area contributed by atoms with Crippen molar-refractivity contribution in [2.45, 2.75) is 26.8 Å². The van der Waals surface area contributed by atoms with Crippen LogP contribution in [0.4, 0.5) is 5.82 Å². The Hall–Kier alpha value is -1.13. The third-order valence-corrected chi connectivity index (χ3v) is 4.16. The van der Waals surface area contributed by atoms with Crippen LogP contribution >= 0.6 is 0 Å². The molecule has 1 atom stereocenters. The number of pyridine rings is 1. The molecule has 1 saturated heterocycles. The van der Waals surface area contributed by atoms with Crippen LogP contribution in [-0.4, -0.2) is 60.6 Å². The van der Waals surface area contributed by atoms with Crippen molar-refractivity contribution >= 4 is 5.82 Å². The lowest BCUT2D eigenvalue weighted by molar-refractivity contribution is 0.0944. The Morgan fingerprint density at radius 2 is 1.90 bits per heavy atom. The van der Waals surface area contributed by atoms with Crippen LogP contribution in [0.5, 0.6) is 0 Å². The van der Waals surface area contributed by atoms with E-state index in [4.69, 9.17) is 0 Å². The average Bonchev–Trinajstić information content (AvgIpc) is 2.41. The monoisotopic (exact) mass is 276 g/mol. The number of hydrogen-bond donors (Lipinski definition) is 1. The zero-order chi connectivity index (χ0) is 14.5. The molecule has 0 saturated carbocycles. The van der Waals surface area contributed by atoms with Crippen LogP contribution in [-0.2, 0) is 0 Å². The number of nitrogens with zero attached hydrogens (tertiary/aromatic N) is 3. The zero-order valence-corrected chi connectivity index (χ0v) is 13.3. The molecule has 4 nitrogen and oxygen atoms in total. The third-order valence-electron chi connectivity index (χ3n) is 4.16. The standard InChI is InChI=1S/C16H28N4/c1-13(2)15(20-10-8-19(4)9-11-20)12-17-16-7-5-6-14(3)18-16/h5-7,13,15H,8-12H2,1-4H3,(H,17,18). The van der Waals surface area contributed by atoms with Gasteiger partial charge in [0.05, 0.1) is 0 Å². The van der Waals surface area contributed by atoms with Crippen molar-refractivity contribution in [1.82, 2.24) is 14.8 Å². The number of aryl methyl sites for hydroxylation is 1. The number of nitrogens with one attached hydrogen (secondary N) is 1. The first-order chi connectivity index (χ1) is 9.56. The summed E-state index contributed by atoms with van der Waals surface area (Å²) in [5.41, 5.74) is 1.07. The minimum absolute atomic E-state index is 0.575. The van der Waals surface area contributed by atoms with Crippen molar-refractivity contribution in [2.24, 2.45) is 5.92 Å². The van der Waals surface area contributed by atoms with Gasteiger partial charge in [0, 0.05) is 44.5 Å². The lowest BCUT2D eigenvalue weighted by atomic mass is 10.0. The molecule has 2 heterocycles. The highest BCUT2D eigenvalue weighted by Crippen LogP contribution is 2.14. The van der Waals surface area contributed by atoms with Crippen molar-refractivity contribution in [1.29, 1.82) is 0 Å². The van der Waals surface area contributed by atoms with E-state index in [1.54, 1.807) is 0 Å². The number of rotatable bonds is 5. The van der Waals surface area contributed by atoms with Gasteiger partial charge in [0.1, 0.15) is 5.82 Å². The fraction of sp³-hybridized carbons (Fsp3) is 0.688. The summed E-state index contributed by atoms with van der Waals surface area (Å²) in [7, 11) is 2.20. The summed E-state index contributed by atoms with van der Waals surface area (Å²) in [5, 5.41) is 3.51. The second-order valence-electron chi connectivity index (χ2n) is 6.20. The Balaban J connectivity index is 1.92. The normalized spacial score (nSPS) is 19.2. The number of aromatic nitrogens is 1. The van der Waals surface area contributed by atoms with Gasteiger partial charge in [-0.1, -0.05) is 19.9 Å². The largest absolute Gasteiger partial charge is 0.368 e. The molecule has 2 rings (SSSR count). The van der Waals surface area contributed by atoms with Crippen molar-refractivity contribution in [2.75, 3.05) is 45.1 Å². The predicted octanol–water partition coefficient (Wildman–Crippen LogP) is 2.07. The molecule has 0 radical (unpaired) electrons. The van der Waals surface area contributed by atoms with Crippen molar-refractivity contribution in [3.05, 3.63) is 23.9 Å². The smallest absolute Gasteiger partial charge is 0.126 e. The Morgan fingerprint density at radius 1 is 1.20 bits per heavy atom. The molecule has 0 aromatic carbocycles. The van der Waals surface area contributed by atoms with E-state index in [2.05, 4.69) is 47.1 Å². The van der Waals surface area contributed by atoms with Gasteiger partial charge in [0.25, 0.3) is 0 Å². The van der Waals surface area contributed by atoms with Crippen LogP contribution in [0.25, 0.3) is 0 Å². The van der Waals surface area contributed by atoms with Crippen LogP contribution < -0.4 is 5.32 Å². The van der Waals surface area contributed by atoms with E-state index in [1.807, 2.05) is 19.1 Å². The summed E-state index contributed by atoms with van der Waals surface area (Å²) in [6.45, 7) is 12.3. The lowest BCUT2D eigenvalue weighted by Crippen LogP contribution is -2.52. The molecule has 1 aromatic heterocycles. The van der Waals surface area contributed by atoms with E-state index < -0.39 is 0 Å². The maximum atomic E-state index is 4.52. The van der Waals surface area contributed by atoms with E-state index >= 15 is 0 Å². The van der Waals surface area contributed by atoms with Crippen molar-refractivity contribution in [3.8, 4) is 0 Å². The summed E-state index contributed by atoms with van der Waals surface area (Å²) in [6.07, 6.45) is 0. The van der Waals surface area contributed by atoms with Crippen LogP contribution in [0.1, 0.15) is 19.5 Å². The lowest BCUT2D eigenvalue weighted by Gasteiger charge is -2.40. The van der Waals surface area contributed by atoms with Gasteiger partial charge in [-0.3, -0.25) is 4.90 Å². The van der Waals surface area contributed by atoms with E-state index in [1.165, 1.54) is 26.2 Å². The molecule has 0 bridgehead atoms. The summed E-state index contributed by atoms with van der Waals surface area (Å²) in [4.78, 5) is 9.55. The quantitative estimate of drug-likeness (QED) is 0.892. The molecule has 0 aliphatic carbocycles. The van der Waals surface area contributed by atoms with Crippen LogP contribution in [0.15, 0.2) is 18.2 Å². The zero-order valence-electron chi connectivity index (χ0n) is 13.3. The van der Waals surface area contributed by atoms with Gasteiger partial charge in [-0.25, -0.2) is 4.98 Å². The van der Waals surface area contributed by atoms with Gasteiger partial charge >= 0.3 is 0 Å². The van der Waals surface area contributed by atoms with Gasteiger partial charge in [-0.05, 0) is 32.0 Å². The maximum absolute atomic E-state index is 4.52. The fourth-order valence-corrected chi connectivity index (χ4v) is 2.79. The average molecular weight is 276 g/mol. The Kier molecular flexibility index (Phi) is 5.38. The first-order valence-corrected chi connectivity index (χ1v) is 7.66. The Bertz CT molecular complexity index is 411. The minimum Gasteiger partial charge on any atom is -0.368 e. The molecule has 112 valence electrons. The summed E-state index contributed by atoms with van der Waals surface area (Å²) in [5.74, 6) is 1.64. The Labute approximate surface area is 123 Å². The van der Waals surface area contributed by atoms with Crippen LogP contribution in [0.3, 0.4) is 0 Å². The first-order valence-electron chi connectivity index (χ1n) is 7.66. The molecular formula is C16H28N4. The molecule has 0 spiro atoms. The molecule has 20 heavy (non-hydrogen) atoms. The van der Waals surface area contributed by atoms with E-state index in [0.717, 1.165) is 18.1 Å². The van der Waals surface area contributed by atoms with Gasteiger partial charge in [-0.2, -0.15) is 0 Å². The molecule has 1 unspecified atom stereocenters. The Morgan fingerprint density at radius 3 is 2.50 bits per heavy atom. The number of piperazine rings is 1. The molecule has 1 aliphatic rings. The van der Waals surface area contributed by atoms with Crippen molar-refractivity contribution < 1.29 is 0 Å². The summed E-state index contributed by atoms with van der Waals surface area (Å²) >= 11 is 0. The fourth-order valence-electron chi connectivity index (χ4n) is 2.79. The van der Waals surface area contributed by atoms with E-state index in [9.17, 15) is 0 Å². The molecule has 1 fully saturated rings.